The number of aliphatic imine (C=N–C) groups is 1. The molecule has 6 nitrogen and oxygen atoms in total. The Kier molecular flexibility index (Phi) is 5.78. The van der Waals surface area contributed by atoms with Crippen molar-refractivity contribution in [2.75, 3.05) is 13.1 Å². The second kappa shape index (κ2) is 8.06. The van der Waals surface area contributed by atoms with E-state index in [1.807, 2.05) is 19.1 Å². The van der Waals surface area contributed by atoms with Gasteiger partial charge >= 0.3 is 0 Å². The molecular weight excluding hydrogens is 268 g/mol. The zero-order valence-corrected chi connectivity index (χ0v) is 12.0. The van der Waals surface area contributed by atoms with E-state index in [1.54, 1.807) is 30.8 Å². The molecule has 112 valence electrons. The lowest BCUT2D eigenvalue weighted by Crippen LogP contribution is -2.39. The fourth-order valence-corrected chi connectivity index (χ4v) is 1.80. The van der Waals surface area contributed by atoms with Crippen LogP contribution in [-0.4, -0.2) is 29.1 Å². The average Bonchev–Trinajstić information content (AvgIpc) is 3.04. The molecule has 0 fully saturated rings. The van der Waals surface area contributed by atoms with Gasteiger partial charge in [0, 0.05) is 25.5 Å². The summed E-state index contributed by atoms with van der Waals surface area (Å²) in [7, 11) is 0. The minimum absolute atomic E-state index is 0.369. The molecule has 2 aromatic heterocycles. The zero-order valence-electron chi connectivity index (χ0n) is 12.0. The van der Waals surface area contributed by atoms with Crippen molar-refractivity contribution in [1.82, 2.24) is 15.6 Å². The van der Waals surface area contributed by atoms with Gasteiger partial charge in [-0.05, 0) is 36.8 Å². The first-order valence-corrected chi connectivity index (χ1v) is 6.92. The molecule has 6 heteroatoms. The Morgan fingerprint density at radius 3 is 2.81 bits per heavy atom. The summed E-state index contributed by atoms with van der Waals surface area (Å²) in [6.07, 6.45) is 4.34. The molecule has 0 amide bonds. The van der Waals surface area contributed by atoms with E-state index in [0.29, 0.717) is 19.0 Å². The normalized spacial score (nSPS) is 13.0. The lowest BCUT2D eigenvalue weighted by molar-refractivity contribution is 0.180. The lowest BCUT2D eigenvalue weighted by Gasteiger charge is -2.15. The third-order valence-electron chi connectivity index (χ3n) is 2.87. The number of hydrogen-bond donors (Lipinski definition) is 3. The molecule has 1 atom stereocenters. The average molecular weight is 288 g/mol. The highest BCUT2D eigenvalue weighted by Crippen LogP contribution is 2.09. The highest BCUT2D eigenvalue weighted by Gasteiger charge is 2.08. The number of furan rings is 1. The largest absolute Gasteiger partial charge is 0.467 e. The van der Waals surface area contributed by atoms with Crippen LogP contribution in [0.2, 0.25) is 0 Å². The summed E-state index contributed by atoms with van der Waals surface area (Å²) < 4.78 is 5.24. The van der Waals surface area contributed by atoms with Crippen LogP contribution < -0.4 is 10.6 Å². The second-order valence-electron chi connectivity index (χ2n) is 4.45. The summed E-state index contributed by atoms with van der Waals surface area (Å²) in [4.78, 5) is 8.33. The first-order valence-electron chi connectivity index (χ1n) is 6.92. The predicted octanol–water partition coefficient (Wildman–Crippen LogP) is 1.46. The van der Waals surface area contributed by atoms with Gasteiger partial charge in [0.1, 0.15) is 12.3 Å². The minimum Gasteiger partial charge on any atom is -0.467 e. The van der Waals surface area contributed by atoms with Gasteiger partial charge in [-0.3, -0.25) is 4.98 Å². The van der Waals surface area contributed by atoms with Crippen LogP contribution in [0.3, 0.4) is 0 Å². The Labute approximate surface area is 123 Å². The molecule has 0 bridgehead atoms. The van der Waals surface area contributed by atoms with Crippen LogP contribution in [0.25, 0.3) is 0 Å². The van der Waals surface area contributed by atoms with E-state index in [-0.39, 0.29) is 0 Å². The number of aromatic nitrogens is 1. The number of nitrogens with one attached hydrogen (secondary N) is 2. The summed E-state index contributed by atoms with van der Waals surface area (Å²) in [5, 5.41) is 16.3. The number of aliphatic hydroxyl groups excluding tert-OH is 1. The quantitative estimate of drug-likeness (QED) is 0.554. The van der Waals surface area contributed by atoms with Crippen molar-refractivity contribution in [3.8, 4) is 0 Å². The Morgan fingerprint density at radius 2 is 2.14 bits per heavy atom. The maximum atomic E-state index is 10.1. The molecule has 1 unspecified atom stereocenters. The summed E-state index contributed by atoms with van der Waals surface area (Å²) in [6.45, 7) is 3.56. The van der Waals surface area contributed by atoms with Crippen LogP contribution in [0.4, 0.5) is 0 Å². The van der Waals surface area contributed by atoms with Crippen LogP contribution in [-0.2, 0) is 6.54 Å². The number of pyridine rings is 1. The fraction of sp³-hybridized carbons (Fsp3) is 0.333. The van der Waals surface area contributed by atoms with Crippen LogP contribution >= 0.6 is 0 Å². The van der Waals surface area contributed by atoms with E-state index in [0.717, 1.165) is 17.9 Å². The van der Waals surface area contributed by atoms with Gasteiger partial charge in [-0.1, -0.05) is 0 Å². The van der Waals surface area contributed by atoms with Crippen molar-refractivity contribution >= 4 is 5.96 Å². The van der Waals surface area contributed by atoms with Crippen LogP contribution in [0.5, 0.6) is 0 Å². The van der Waals surface area contributed by atoms with Crippen molar-refractivity contribution in [3.05, 3.63) is 54.2 Å². The molecule has 0 spiro atoms. The van der Waals surface area contributed by atoms with Gasteiger partial charge in [0.25, 0.3) is 0 Å². The monoisotopic (exact) mass is 288 g/mol. The molecule has 2 heterocycles. The number of guanidine groups is 1. The number of aliphatic hydroxyl groups is 1. The molecule has 0 aliphatic heterocycles. The Hall–Kier alpha value is -2.34. The molecule has 0 saturated carbocycles. The predicted molar refractivity (Wildman–Crippen MR) is 80.7 cm³/mol. The van der Waals surface area contributed by atoms with Gasteiger partial charge in [0.05, 0.1) is 12.4 Å². The topological polar surface area (TPSA) is 82.7 Å². The van der Waals surface area contributed by atoms with Gasteiger partial charge in [0.15, 0.2) is 5.96 Å². The third-order valence-corrected chi connectivity index (χ3v) is 2.87. The van der Waals surface area contributed by atoms with Crippen molar-refractivity contribution < 1.29 is 9.52 Å². The second-order valence-corrected chi connectivity index (χ2v) is 4.45. The Bertz CT molecular complexity index is 540. The molecule has 0 saturated heterocycles. The van der Waals surface area contributed by atoms with Crippen molar-refractivity contribution in [1.29, 1.82) is 0 Å². The zero-order chi connectivity index (χ0) is 14.9. The standard InChI is InChI=1S/C15H20N4O2/c1-2-17-15(18-10-13-4-3-9-21-13)19-11-14(20)12-5-7-16-8-6-12/h3-9,14,20H,2,10-11H2,1H3,(H2,17,18,19). The number of nitrogens with zero attached hydrogens (tertiary/aromatic N) is 2. The molecule has 0 aliphatic rings. The Morgan fingerprint density at radius 1 is 1.33 bits per heavy atom. The highest BCUT2D eigenvalue weighted by atomic mass is 16.3. The third kappa shape index (κ3) is 4.92. The summed E-state index contributed by atoms with van der Waals surface area (Å²) in [5.41, 5.74) is 0.819. The highest BCUT2D eigenvalue weighted by molar-refractivity contribution is 5.79. The van der Waals surface area contributed by atoms with Crippen LogP contribution in [0, 0.1) is 0 Å². The van der Waals surface area contributed by atoms with E-state index in [4.69, 9.17) is 4.42 Å². The SMILES string of the molecule is CCNC(=NCc1ccco1)NCC(O)c1ccncc1. The van der Waals surface area contributed by atoms with E-state index in [9.17, 15) is 5.11 Å². The van der Waals surface area contributed by atoms with Gasteiger partial charge in [0.2, 0.25) is 0 Å². The van der Waals surface area contributed by atoms with Crippen molar-refractivity contribution in [3.63, 3.8) is 0 Å². The molecule has 2 aromatic rings. The van der Waals surface area contributed by atoms with Crippen molar-refractivity contribution in [2.45, 2.75) is 19.6 Å². The number of hydrogen-bond acceptors (Lipinski definition) is 4. The Balaban J connectivity index is 1.89. The van der Waals surface area contributed by atoms with E-state index in [2.05, 4.69) is 20.6 Å². The molecule has 3 N–H and O–H groups in total. The van der Waals surface area contributed by atoms with Gasteiger partial charge < -0.3 is 20.2 Å². The van der Waals surface area contributed by atoms with E-state index < -0.39 is 6.10 Å². The van der Waals surface area contributed by atoms with Gasteiger partial charge in [-0.15, -0.1) is 0 Å². The van der Waals surface area contributed by atoms with E-state index >= 15 is 0 Å². The molecule has 0 aliphatic carbocycles. The summed E-state index contributed by atoms with van der Waals surface area (Å²) in [6, 6.07) is 7.29. The maximum absolute atomic E-state index is 10.1. The van der Waals surface area contributed by atoms with E-state index in [1.165, 1.54) is 0 Å². The smallest absolute Gasteiger partial charge is 0.191 e. The minimum atomic E-state index is -0.611. The van der Waals surface area contributed by atoms with Crippen LogP contribution in [0.15, 0.2) is 52.3 Å². The van der Waals surface area contributed by atoms with Crippen molar-refractivity contribution in [2.24, 2.45) is 4.99 Å². The lowest BCUT2D eigenvalue weighted by atomic mass is 10.1. The first-order chi connectivity index (χ1) is 10.3. The fourth-order valence-electron chi connectivity index (χ4n) is 1.80. The maximum Gasteiger partial charge on any atom is 0.191 e. The molecule has 2 rings (SSSR count). The molecule has 0 radical (unpaired) electrons. The van der Waals surface area contributed by atoms with Gasteiger partial charge in [-0.2, -0.15) is 0 Å². The summed E-state index contributed by atoms with van der Waals surface area (Å²) >= 11 is 0. The molecule has 21 heavy (non-hydrogen) atoms. The molecular formula is C15H20N4O2. The first kappa shape index (κ1) is 15.1. The summed E-state index contributed by atoms with van der Waals surface area (Å²) in [5.74, 6) is 1.43. The van der Waals surface area contributed by atoms with Crippen LogP contribution in [0.1, 0.15) is 24.4 Å². The number of rotatable bonds is 6. The molecule has 0 aromatic carbocycles. The van der Waals surface area contributed by atoms with Gasteiger partial charge in [-0.25, -0.2) is 4.99 Å².